The Balaban J connectivity index is 1.68. The van der Waals surface area contributed by atoms with Crippen molar-refractivity contribution in [3.63, 3.8) is 0 Å². The highest BCUT2D eigenvalue weighted by atomic mass is 19.1. The zero-order valence-corrected chi connectivity index (χ0v) is 19.3. The number of aromatic amines is 1. The number of hydrogen-bond acceptors (Lipinski definition) is 5. The maximum atomic E-state index is 15.5. The molecular formula is C25H33FN4O3. The van der Waals surface area contributed by atoms with E-state index in [0.29, 0.717) is 47.8 Å². The zero-order valence-electron chi connectivity index (χ0n) is 19.3. The lowest BCUT2D eigenvalue weighted by molar-refractivity contribution is -0.118. The van der Waals surface area contributed by atoms with Crippen LogP contribution >= 0.6 is 0 Å². The largest absolute Gasteiger partial charge is 0.515 e. The molecule has 1 aromatic carbocycles. The summed E-state index contributed by atoms with van der Waals surface area (Å²) in [6, 6.07) is 3.23. The fourth-order valence-electron chi connectivity index (χ4n) is 5.12. The number of amides is 1. The molecule has 1 aromatic heterocycles. The molecule has 0 spiro atoms. The number of aliphatic hydroxyl groups is 1. The number of halogens is 1. The molecule has 1 aliphatic carbocycles. The second-order valence-corrected chi connectivity index (χ2v) is 9.51. The maximum absolute atomic E-state index is 15.5. The predicted octanol–water partition coefficient (Wildman–Crippen LogP) is 5.06. The van der Waals surface area contributed by atoms with Crippen LogP contribution in [-0.4, -0.2) is 39.9 Å². The normalized spacial score (nSPS) is 23.4. The molecule has 0 bridgehead atoms. The number of H-pyrrole nitrogens is 1. The molecule has 2 fully saturated rings. The quantitative estimate of drug-likeness (QED) is 0.276. The number of rotatable bonds is 6. The van der Waals surface area contributed by atoms with E-state index >= 15 is 4.39 Å². The molecule has 8 heteroatoms. The number of benzene rings is 1. The van der Waals surface area contributed by atoms with Gasteiger partial charge in [-0.25, -0.2) is 9.37 Å². The van der Waals surface area contributed by atoms with Gasteiger partial charge < -0.3 is 25.6 Å². The van der Waals surface area contributed by atoms with Crippen LogP contribution < -0.4 is 5.32 Å². The van der Waals surface area contributed by atoms with Gasteiger partial charge in [0, 0.05) is 18.9 Å². The van der Waals surface area contributed by atoms with Crippen molar-refractivity contribution < 1.29 is 19.0 Å². The highest BCUT2D eigenvalue weighted by Crippen LogP contribution is 2.38. The van der Waals surface area contributed by atoms with E-state index in [1.807, 2.05) is 12.1 Å². The molecule has 0 radical (unpaired) electrons. The third-order valence-electron chi connectivity index (χ3n) is 7.19. The number of aromatic nitrogens is 2. The minimum atomic E-state index is -0.530. The summed E-state index contributed by atoms with van der Waals surface area (Å²) in [5.74, 6) is 0.555. The Morgan fingerprint density at radius 2 is 1.97 bits per heavy atom. The molecule has 1 amide bonds. The van der Waals surface area contributed by atoms with Crippen molar-refractivity contribution in [3.8, 4) is 0 Å². The topological polar surface area (TPSA) is 111 Å². The van der Waals surface area contributed by atoms with Crippen molar-refractivity contribution >= 4 is 22.7 Å². The molecule has 4 rings (SSSR count). The van der Waals surface area contributed by atoms with Gasteiger partial charge in [0.1, 0.15) is 11.3 Å². The fourth-order valence-corrected chi connectivity index (χ4v) is 5.12. The average molecular weight is 457 g/mol. The molecule has 1 aliphatic heterocycles. The number of imidazole rings is 1. The first-order chi connectivity index (χ1) is 15.9. The lowest BCUT2D eigenvalue weighted by Gasteiger charge is -2.32. The van der Waals surface area contributed by atoms with Crippen molar-refractivity contribution in [2.75, 3.05) is 13.2 Å². The number of ether oxygens (including phenoxy) is 1. The number of fused-ring (bicyclic) bond motifs is 1. The second kappa shape index (κ2) is 10.0. The SMILES string of the molecule is CC(=N)/C(=C\O)C(=O)N[C@H](c1nc2c(F)c(C3CCOCC3)ccc2[nH]1)C1CCC(C)CC1. The van der Waals surface area contributed by atoms with Gasteiger partial charge in [0.25, 0.3) is 5.91 Å². The summed E-state index contributed by atoms with van der Waals surface area (Å²) in [6.07, 6.45) is 6.17. The summed E-state index contributed by atoms with van der Waals surface area (Å²) in [4.78, 5) is 20.7. The number of carbonyl (C=O) groups excluding carboxylic acids is 1. The van der Waals surface area contributed by atoms with Crippen LogP contribution in [0.4, 0.5) is 4.39 Å². The Bertz CT molecular complexity index is 1050. The van der Waals surface area contributed by atoms with Crippen molar-refractivity contribution in [2.24, 2.45) is 11.8 Å². The first-order valence-electron chi connectivity index (χ1n) is 11.9. The van der Waals surface area contributed by atoms with Gasteiger partial charge in [0.15, 0.2) is 5.82 Å². The van der Waals surface area contributed by atoms with Crippen molar-refractivity contribution in [3.05, 3.63) is 41.2 Å². The fraction of sp³-hybridized carbons (Fsp3) is 0.560. The van der Waals surface area contributed by atoms with Crippen LogP contribution in [0.15, 0.2) is 24.0 Å². The Labute approximate surface area is 193 Å². The predicted molar refractivity (Wildman–Crippen MR) is 125 cm³/mol. The lowest BCUT2D eigenvalue weighted by atomic mass is 9.79. The van der Waals surface area contributed by atoms with E-state index in [1.54, 1.807) is 0 Å². The molecule has 2 aliphatic rings. The van der Waals surface area contributed by atoms with Gasteiger partial charge in [-0.05, 0) is 62.0 Å². The summed E-state index contributed by atoms with van der Waals surface area (Å²) >= 11 is 0. The molecule has 33 heavy (non-hydrogen) atoms. The van der Waals surface area contributed by atoms with Crippen LogP contribution in [0.5, 0.6) is 0 Å². The zero-order chi connectivity index (χ0) is 23.5. The average Bonchev–Trinajstić information content (AvgIpc) is 3.24. The summed E-state index contributed by atoms with van der Waals surface area (Å²) in [5, 5.41) is 20.2. The number of hydrogen-bond donors (Lipinski definition) is 4. The molecular weight excluding hydrogens is 423 g/mol. The van der Waals surface area contributed by atoms with Crippen molar-refractivity contribution in [1.82, 2.24) is 15.3 Å². The lowest BCUT2D eigenvalue weighted by Crippen LogP contribution is -2.37. The van der Waals surface area contributed by atoms with Crippen LogP contribution in [-0.2, 0) is 9.53 Å². The summed E-state index contributed by atoms with van der Waals surface area (Å²) in [6.45, 7) is 4.95. The Kier molecular flexibility index (Phi) is 7.12. The molecule has 1 saturated heterocycles. The smallest absolute Gasteiger partial charge is 0.256 e. The van der Waals surface area contributed by atoms with E-state index in [4.69, 9.17) is 10.1 Å². The Hall–Kier alpha value is -2.74. The summed E-state index contributed by atoms with van der Waals surface area (Å²) < 4.78 is 20.9. The number of aliphatic hydroxyl groups excluding tert-OH is 1. The Morgan fingerprint density at radius 3 is 2.61 bits per heavy atom. The number of carbonyl (C=O) groups is 1. The number of nitrogens with zero attached hydrogens (tertiary/aromatic N) is 1. The standard InChI is InChI=1S/C25H33FN4O3/c1-14-3-5-17(6-4-14)22(30-25(32)19(13-31)15(2)27)24-28-20-8-7-18(21(26)23(20)29-24)16-9-11-33-12-10-16/h7-8,13-14,16-17,22,27,31H,3-6,9-12H2,1-2H3,(H,28,29)(H,30,32)/b19-13+,27-15?/t14?,17?,22-/m0/s1. The van der Waals surface area contributed by atoms with Crippen molar-refractivity contribution in [2.45, 2.75) is 64.3 Å². The molecule has 7 nitrogen and oxygen atoms in total. The van der Waals surface area contributed by atoms with Crippen LogP contribution in [0.3, 0.4) is 0 Å². The van der Waals surface area contributed by atoms with Crippen LogP contribution in [0.1, 0.15) is 75.7 Å². The van der Waals surface area contributed by atoms with E-state index in [2.05, 4.69) is 22.2 Å². The highest BCUT2D eigenvalue weighted by molar-refractivity contribution is 6.19. The third kappa shape index (κ3) is 4.95. The van der Waals surface area contributed by atoms with Gasteiger partial charge >= 0.3 is 0 Å². The van der Waals surface area contributed by atoms with Gasteiger partial charge in [0.05, 0.1) is 23.4 Å². The van der Waals surface area contributed by atoms with E-state index in [0.717, 1.165) is 38.5 Å². The van der Waals surface area contributed by atoms with Crippen LogP contribution in [0.25, 0.3) is 11.0 Å². The molecule has 0 unspecified atom stereocenters. The molecule has 1 saturated carbocycles. The van der Waals surface area contributed by atoms with Gasteiger partial charge in [-0.15, -0.1) is 0 Å². The second-order valence-electron chi connectivity index (χ2n) is 9.51. The minimum absolute atomic E-state index is 0.0252. The first-order valence-corrected chi connectivity index (χ1v) is 11.9. The molecule has 2 aromatic rings. The number of nitrogens with one attached hydrogen (secondary N) is 3. The molecule has 4 N–H and O–H groups in total. The van der Waals surface area contributed by atoms with E-state index in [9.17, 15) is 9.90 Å². The van der Waals surface area contributed by atoms with Gasteiger partial charge in [-0.3, -0.25) is 4.79 Å². The molecule has 1 atom stereocenters. The Morgan fingerprint density at radius 1 is 1.27 bits per heavy atom. The minimum Gasteiger partial charge on any atom is -0.515 e. The van der Waals surface area contributed by atoms with E-state index < -0.39 is 11.9 Å². The summed E-state index contributed by atoms with van der Waals surface area (Å²) in [7, 11) is 0. The van der Waals surface area contributed by atoms with Gasteiger partial charge in [0.2, 0.25) is 0 Å². The third-order valence-corrected chi connectivity index (χ3v) is 7.19. The maximum Gasteiger partial charge on any atom is 0.256 e. The van der Waals surface area contributed by atoms with Gasteiger partial charge in [-0.1, -0.05) is 25.8 Å². The monoisotopic (exact) mass is 456 g/mol. The highest BCUT2D eigenvalue weighted by Gasteiger charge is 2.32. The van der Waals surface area contributed by atoms with Crippen molar-refractivity contribution in [1.29, 1.82) is 5.41 Å². The molecule has 178 valence electrons. The molecule has 2 heterocycles. The summed E-state index contributed by atoms with van der Waals surface area (Å²) in [5.41, 5.74) is 1.44. The van der Waals surface area contributed by atoms with E-state index in [-0.39, 0.29) is 28.9 Å². The first kappa shape index (κ1) is 23.4. The van der Waals surface area contributed by atoms with Crippen LogP contribution in [0, 0.1) is 23.1 Å². The van der Waals surface area contributed by atoms with E-state index in [1.165, 1.54) is 6.92 Å². The van der Waals surface area contributed by atoms with Gasteiger partial charge in [-0.2, -0.15) is 0 Å². The van der Waals surface area contributed by atoms with Crippen LogP contribution in [0.2, 0.25) is 0 Å².